The van der Waals surface area contributed by atoms with Gasteiger partial charge >= 0.3 is 0 Å². The van der Waals surface area contributed by atoms with Gasteiger partial charge in [0.15, 0.2) is 11.4 Å². The van der Waals surface area contributed by atoms with Crippen LogP contribution in [0, 0.1) is 0 Å². The van der Waals surface area contributed by atoms with Crippen LogP contribution in [0.25, 0.3) is 22.0 Å². The lowest BCUT2D eigenvalue weighted by atomic mass is 10.2. The van der Waals surface area contributed by atoms with E-state index < -0.39 is 0 Å². The monoisotopic (exact) mass is 331 g/mol. The first-order valence-corrected chi connectivity index (χ1v) is 7.79. The summed E-state index contributed by atoms with van der Waals surface area (Å²) in [6, 6.07) is 11.5. The number of nitrogens with zero attached hydrogens (tertiary/aromatic N) is 5. The van der Waals surface area contributed by atoms with Gasteiger partial charge in [0.05, 0.1) is 12.1 Å². The second kappa shape index (κ2) is 5.45. The molecule has 25 heavy (non-hydrogen) atoms. The molecular formula is C17H13N7O. The van der Waals surface area contributed by atoms with E-state index in [1.165, 1.54) is 0 Å². The topological polar surface area (TPSA) is 97.5 Å². The molecule has 0 aliphatic rings. The highest BCUT2D eigenvalue weighted by Crippen LogP contribution is 2.26. The number of nitrogens with one attached hydrogen (secondary N) is 2. The molecule has 5 rings (SSSR count). The fraction of sp³-hybridized carbons (Fsp3) is 0.0588. The lowest BCUT2D eigenvalue weighted by Crippen LogP contribution is -2.00. The molecule has 4 heterocycles. The summed E-state index contributed by atoms with van der Waals surface area (Å²) in [5.41, 5.74) is 4.08. The van der Waals surface area contributed by atoms with Gasteiger partial charge < -0.3 is 9.84 Å². The second-order valence-corrected chi connectivity index (χ2v) is 5.64. The predicted octanol–water partition coefficient (Wildman–Crippen LogP) is 3.09. The number of fused-ring (bicyclic) bond motifs is 2. The van der Waals surface area contributed by atoms with Crippen LogP contribution >= 0.6 is 0 Å². The maximum atomic E-state index is 5.47. The molecule has 2 N–H and O–H groups in total. The molecule has 0 aliphatic carbocycles. The molecule has 8 heteroatoms. The van der Waals surface area contributed by atoms with Gasteiger partial charge in [-0.05, 0) is 30.3 Å². The van der Waals surface area contributed by atoms with E-state index in [4.69, 9.17) is 4.52 Å². The van der Waals surface area contributed by atoms with Crippen molar-refractivity contribution in [3.05, 3.63) is 60.7 Å². The Labute approximate surface area is 141 Å². The Morgan fingerprint density at radius 2 is 2.16 bits per heavy atom. The second-order valence-electron chi connectivity index (χ2n) is 5.64. The summed E-state index contributed by atoms with van der Waals surface area (Å²) < 4.78 is 7.28. The van der Waals surface area contributed by atoms with Crippen LogP contribution in [0.3, 0.4) is 0 Å². The molecule has 0 radical (unpaired) electrons. The van der Waals surface area contributed by atoms with Crippen LogP contribution in [-0.4, -0.2) is 30.1 Å². The lowest BCUT2D eigenvalue weighted by molar-refractivity contribution is 0.441. The van der Waals surface area contributed by atoms with E-state index >= 15 is 0 Å². The molecule has 0 bridgehead atoms. The summed E-state index contributed by atoms with van der Waals surface area (Å²) in [5.74, 6) is 0.672. The van der Waals surface area contributed by atoms with Gasteiger partial charge in [0.25, 0.3) is 0 Å². The first-order valence-electron chi connectivity index (χ1n) is 7.79. The molecule has 0 saturated heterocycles. The van der Waals surface area contributed by atoms with Crippen molar-refractivity contribution in [1.29, 1.82) is 0 Å². The van der Waals surface area contributed by atoms with E-state index in [0.29, 0.717) is 17.9 Å². The molecule has 0 unspecified atom stereocenters. The summed E-state index contributed by atoms with van der Waals surface area (Å²) in [7, 11) is 0. The highest BCUT2D eigenvalue weighted by atomic mass is 16.5. The minimum atomic E-state index is 0.570. The Kier molecular flexibility index (Phi) is 2.99. The van der Waals surface area contributed by atoms with Crippen LogP contribution in [-0.2, 0) is 6.54 Å². The number of rotatable bonds is 4. The first-order chi connectivity index (χ1) is 12.4. The lowest BCUT2D eigenvalue weighted by Gasteiger charge is -2.03. The highest BCUT2D eigenvalue weighted by Gasteiger charge is 2.11. The van der Waals surface area contributed by atoms with Gasteiger partial charge in [-0.2, -0.15) is 10.2 Å². The number of anilines is 2. The van der Waals surface area contributed by atoms with Crippen molar-refractivity contribution in [2.75, 3.05) is 5.32 Å². The first kappa shape index (κ1) is 13.7. The van der Waals surface area contributed by atoms with Gasteiger partial charge in [-0.3, -0.25) is 14.8 Å². The minimum absolute atomic E-state index is 0.570. The quantitative estimate of drug-likeness (QED) is 0.525. The molecule has 0 atom stereocenters. The fourth-order valence-electron chi connectivity index (χ4n) is 2.81. The zero-order chi connectivity index (χ0) is 16.6. The fourth-order valence-corrected chi connectivity index (χ4v) is 2.81. The molecular weight excluding hydrogens is 318 g/mol. The summed E-state index contributed by atoms with van der Waals surface area (Å²) in [6.07, 6.45) is 5.38. The van der Waals surface area contributed by atoms with Crippen LogP contribution in [0.2, 0.25) is 0 Å². The molecule has 0 fully saturated rings. The van der Waals surface area contributed by atoms with E-state index in [2.05, 4.69) is 30.8 Å². The number of hydrogen-bond donors (Lipinski definition) is 2. The van der Waals surface area contributed by atoms with Gasteiger partial charge in [0, 0.05) is 35.7 Å². The van der Waals surface area contributed by atoms with Crippen LogP contribution < -0.4 is 5.32 Å². The number of aromatic amines is 1. The SMILES string of the molecule is c1cnc2c(Nc3ccc4c(Cn5cccn5)noc4c3)n[nH]c2c1. The Morgan fingerprint density at radius 1 is 1.16 bits per heavy atom. The predicted molar refractivity (Wildman–Crippen MR) is 92.5 cm³/mol. The van der Waals surface area contributed by atoms with Crippen molar-refractivity contribution in [3.8, 4) is 0 Å². The number of benzene rings is 1. The molecule has 4 aromatic heterocycles. The molecule has 0 saturated carbocycles. The molecule has 0 aliphatic heterocycles. The van der Waals surface area contributed by atoms with Gasteiger partial charge in [0.1, 0.15) is 11.2 Å². The zero-order valence-corrected chi connectivity index (χ0v) is 13.0. The van der Waals surface area contributed by atoms with Gasteiger partial charge in [-0.25, -0.2) is 0 Å². The van der Waals surface area contributed by atoms with Gasteiger partial charge in [-0.15, -0.1) is 0 Å². The van der Waals surface area contributed by atoms with E-state index in [1.807, 2.05) is 47.3 Å². The number of hydrogen-bond acceptors (Lipinski definition) is 6. The standard InChI is InChI=1S/C17H13N7O/c1-3-13-16(18-6-1)17(22-21-13)20-11-4-5-12-14(23-25-15(12)9-11)10-24-8-2-7-19-24/h1-9H,10H2,(H2,20,21,22). The van der Waals surface area contributed by atoms with Crippen molar-refractivity contribution in [1.82, 2.24) is 30.1 Å². The Bertz CT molecular complexity index is 1160. The summed E-state index contributed by atoms with van der Waals surface area (Å²) in [4.78, 5) is 4.34. The summed E-state index contributed by atoms with van der Waals surface area (Å²) in [5, 5.41) is 19.8. The van der Waals surface area contributed by atoms with Crippen molar-refractivity contribution in [3.63, 3.8) is 0 Å². The van der Waals surface area contributed by atoms with Crippen molar-refractivity contribution >= 4 is 33.5 Å². The molecule has 122 valence electrons. The Balaban J connectivity index is 1.47. The smallest absolute Gasteiger partial charge is 0.178 e. The third-order valence-corrected chi connectivity index (χ3v) is 4.00. The zero-order valence-electron chi connectivity index (χ0n) is 13.0. The molecule has 0 amide bonds. The van der Waals surface area contributed by atoms with Crippen molar-refractivity contribution < 1.29 is 4.52 Å². The highest BCUT2D eigenvalue weighted by molar-refractivity contribution is 5.89. The summed E-state index contributed by atoms with van der Waals surface area (Å²) >= 11 is 0. The number of aromatic nitrogens is 6. The summed E-state index contributed by atoms with van der Waals surface area (Å²) in [6.45, 7) is 0.570. The maximum Gasteiger partial charge on any atom is 0.178 e. The molecule has 5 aromatic rings. The van der Waals surface area contributed by atoms with Crippen LogP contribution in [0.1, 0.15) is 5.69 Å². The largest absolute Gasteiger partial charge is 0.356 e. The third kappa shape index (κ3) is 2.40. The van der Waals surface area contributed by atoms with E-state index in [9.17, 15) is 0 Å². The minimum Gasteiger partial charge on any atom is -0.356 e. The van der Waals surface area contributed by atoms with Crippen LogP contribution in [0.15, 0.2) is 59.5 Å². The molecule has 8 nitrogen and oxygen atoms in total. The number of H-pyrrole nitrogens is 1. The average Bonchev–Trinajstić information content (AvgIpc) is 3.37. The van der Waals surface area contributed by atoms with E-state index in [-0.39, 0.29) is 0 Å². The van der Waals surface area contributed by atoms with Crippen molar-refractivity contribution in [2.45, 2.75) is 6.54 Å². The molecule has 1 aromatic carbocycles. The van der Waals surface area contributed by atoms with E-state index in [0.717, 1.165) is 27.8 Å². The van der Waals surface area contributed by atoms with Gasteiger partial charge in [-0.1, -0.05) is 5.16 Å². The number of pyridine rings is 1. The maximum absolute atomic E-state index is 5.47. The van der Waals surface area contributed by atoms with E-state index in [1.54, 1.807) is 12.4 Å². The normalized spacial score (nSPS) is 11.4. The van der Waals surface area contributed by atoms with Gasteiger partial charge in [0.2, 0.25) is 0 Å². The Hall–Kier alpha value is -3.68. The third-order valence-electron chi connectivity index (χ3n) is 4.00. The average molecular weight is 331 g/mol. The molecule has 0 spiro atoms. The van der Waals surface area contributed by atoms with Crippen LogP contribution in [0.5, 0.6) is 0 Å². The van der Waals surface area contributed by atoms with Crippen LogP contribution in [0.4, 0.5) is 11.5 Å². The Morgan fingerprint density at radius 3 is 3.08 bits per heavy atom. The van der Waals surface area contributed by atoms with Crippen molar-refractivity contribution in [2.24, 2.45) is 0 Å².